The molecule has 0 saturated carbocycles. The number of halogens is 3. The van der Waals surface area contributed by atoms with Crippen molar-refractivity contribution in [3.8, 4) is 11.5 Å². The molecule has 0 aliphatic heterocycles. The number of nitrogens with zero attached hydrogens (tertiary/aromatic N) is 1. The SMILES string of the molecule is COc1ccc(S(=O)(=O)N/N=C/c2cccc(C(F)(F)F)c2)cc1OC. The summed E-state index contributed by atoms with van der Waals surface area (Å²) in [5, 5.41) is 3.51. The fourth-order valence-electron chi connectivity index (χ4n) is 2.00. The number of hydrazone groups is 1. The second-order valence-corrected chi connectivity index (χ2v) is 6.65. The molecule has 10 heteroatoms. The van der Waals surface area contributed by atoms with E-state index < -0.39 is 21.8 Å². The zero-order chi connectivity index (χ0) is 19.4. The number of nitrogens with one attached hydrogen (secondary N) is 1. The summed E-state index contributed by atoms with van der Waals surface area (Å²) in [5.74, 6) is 0.552. The highest BCUT2D eigenvalue weighted by atomic mass is 32.2. The first-order valence-electron chi connectivity index (χ1n) is 7.11. The van der Waals surface area contributed by atoms with Crippen LogP contribution in [-0.4, -0.2) is 28.9 Å². The lowest BCUT2D eigenvalue weighted by atomic mass is 10.1. The van der Waals surface area contributed by atoms with Crippen molar-refractivity contribution in [1.29, 1.82) is 0 Å². The summed E-state index contributed by atoms with van der Waals surface area (Å²) < 4.78 is 72.4. The highest BCUT2D eigenvalue weighted by molar-refractivity contribution is 7.89. The fourth-order valence-corrected chi connectivity index (χ4v) is 2.81. The molecular formula is C16H15F3N2O4S. The zero-order valence-corrected chi connectivity index (χ0v) is 14.6. The standard InChI is InChI=1S/C16H15F3N2O4S/c1-24-14-7-6-13(9-15(14)25-2)26(22,23)21-20-10-11-4-3-5-12(8-11)16(17,18)19/h3-10,21H,1-2H3/b20-10+. The van der Waals surface area contributed by atoms with Crippen molar-refractivity contribution in [2.24, 2.45) is 5.10 Å². The summed E-state index contributed by atoms with van der Waals surface area (Å²) in [7, 11) is -1.27. The van der Waals surface area contributed by atoms with Gasteiger partial charge in [0.1, 0.15) is 0 Å². The zero-order valence-electron chi connectivity index (χ0n) is 13.7. The molecule has 0 radical (unpaired) electrons. The van der Waals surface area contributed by atoms with E-state index in [4.69, 9.17) is 9.47 Å². The summed E-state index contributed by atoms with van der Waals surface area (Å²) in [5.41, 5.74) is -0.765. The molecule has 0 bridgehead atoms. The van der Waals surface area contributed by atoms with Gasteiger partial charge in [-0.1, -0.05) is 12.1 Å². The molecule has 1 N–H and O–H groups in total. The second-order valence-electron chi connectivity index (χ2n) is 4.99. The van der Waals surface area contributed by atoms with Crippen LogP contribution in [0.2, 0.25) is 0 Å². The van der Waals surface area contributed by atoms with Gasteiger partial charge in [0.15, 0.2) is 11.5 Å². The van der Waals surface area contributed by atoms with Crippen molar-refractivity contribution in [2.75, 3.05) is 14.2 Å². The molecule has 26 heavy (non-hydrogen) atoms. The molecular weight excluding hydrogens is 373 g/mol. The van der Waals surface area contributed by atoms with E-state index in [0.29, 0.717) is 5.75 Å². The van der Waals surface area contributed by atoms with E-state index in [0.717, 1.165) is 18.3 Å². The van der Waals surface area contributed by atoms with E-state index >= 15 is 0 Å². The molecule has 0 unspecified atom stereocenters. The number of ether oxygens (including phenoxy) is 2. The third kappa shape index (κ3) is 4.66. The van der Waals surface area contributed by atoms with Crippen molar-refractivity contribution in [3.05, 3.63) is 53.6 Å². The van der Waals surface area contributed by atoms with Crippen LogP contribution in [-0.2, 0) is 16.2 Å². The monoisotopic (exact) mass is 388 g/mol. The summed E-state index contributed by atoms with van der Waals surface area (Å²) >= 11 is 0. The van der Waals surface area contributed by atoms with Gasteiger partial charge in [0.2, 0.25) is 0 Å². The number of hydrogen-bond acceptors (Lipinski definition) is 5. The van der Waals surface area contributed by atoms with E-state index in [-0.39, 0.29) is 16.2 Å². The fraction of sp³-hybridized carbons (Fsp3) is 0.188. The Morgan fingerprint density at radius 2 is 1.73 bits per heavy atom. The third-order valence-corrected chi connectivity index (χ3v) is 4.49. The minimum absolute atomic E-state index is 0.0924. The predicted octanol–water partition coefficient (Wildman–Crippen LogP) is 3.04. The molecule has 0 aromatic heterocycles. The lowest BCUT2D eigenvalue weighted by Gasteiger charge is -2.09. The van der Waals surface area contributed by atoms with Crippen LogP contribution in [0, 0.1) is 0 Å². The lowest BCUT2D eigenvalue weighted by Crippen LogP contribution is -2.18. The number of methoxy groups -OCH3 is 2. The maximum absolute atomic E-state index is 12.7. The van der Waals surface area contributed by atoms with Gasteiger partial charge >= 0.3 is 6.18 Å². The van der Waals surface area contributed by atoms with E-state index in [1.807, 2.05) is 4.83 Å². The van der Waals surface area contributed by atoms with Crippen LogP contribution < -0.4 is 14.3 Å². The third-order valence-electron chi connectivity index (χ3n) is 3.27. The van der Waals surface area contributed by atoms with Crippen LogP contribution in [0.5, 0.6) is 11.5 Å². The summed E-state index contributed by atoms with van der Waals surface area (Å²) in [4.78, 5) is 1.79. The summed E-state index contributed by atoms with van der Waals surface area (Å²) in [6.07, 6.45) is -3.52. The number of alkyl halides is 3. The maximum Gasteiger partial charge on any atom is 0.416 e. The number of benzene rings is 2. The van der Waals surface area contributed by atoms with Crippen LogP contribution in [0.1, 0.15) is 11.1 Å². The van der Waals surface area contributed by atoms with Gasteiger partial charge in [-0.25, -0.2) is 4.83 Å². The first-order chi connectivity index (χ1) is 12.2. The molecule has 0 aliphatic carbocycles. The molecule has 0 saturated heterocycles. The van der Waals surface area contributed by atoms with Crippen LogP contribution >= 0.6 is 0 Å². The molecule has 2 rings (SSSR count). The normalized spacial score (nSPS) is 12.2. The number of sulfonamides is 1. The van der Waals surface area contributed by atoms with Gasteiger partial charge in [-0.2, -0.15) is 26.7 Å². The molecule has 2 aromatic rings. The Labute approximate surface area is 148 Å². The summed E-state index contributed by atoms with van der Waals surface area (Å²) in [6, 6.07) is 8.25. The Morgan fingerprint density at radius 1 is 1.04 bits per heavy atom. The first kappa shape index (κ1) is 19.6. The molecule has 140 valence electrons. The van der Waals surface area contributed by atoms with Crippen molar-refractivity contribution < 1.29 is 31.1 Å². The van der Waals surface area contributed by atoms with Crippen LogP contribution in [0.3, 0.4) is 0 Å². The number of hydrogen-bond donors (Lipinski definition) is 1. The average Bonchev–Trinajstić information content (AvgIpc) is 2.60. The van der Waals surface area contributed by atoms with E-state index in [2.05, 4.69) is 5.10 Å². The minimum Gasteiger partial charge on any atom is -0.493 e. The smallest absolute Gasteiger partial charge is 0.416 e. The first-order valence-corrected chi connectivity index (χ1v) is 8.60. The highest BCUT2D eigenvalue weighted by Gasteiger charge is 2.30. The van der Waals surface area contributed by atoms with Crippen molar-refractivity contribution in [1.82, 2.24) is 4.83 Å². The summed E-state index contributed by atoms with van der Waals surface area (Å²) in [6.45, 7) is 0. The molecule has 0 atom stereocenters. The Morgan fingerprint density at radius 3 is 2.35 bits per heavy atom. The Hall–Kier alpha value is -2.75. The van der Waals surface area contributed by atoms with Gasteiger partial charge in [0.05, 0.1) is 30.9 Å². The van der Waals surface area contributed by atoms with Gasteiger partial charge in [-0.05, 0) is 29.8 Å². The largest absolute Gasteiger partial charge is 0.493 e. The van der Waals surface area contributed by atoms with E-state index in [1.165, 1.54) is 44.6 Å². The predicted molar refractivity (Wildman–Crippen MR) is 88.9 cm³/mol. The molecule has 0 aliphatic rings. The Balaban J connectivity index is 2.19. The second kappa shape index (κ2) is 7.65. The quantitative estimate of drug-likeness (QED) is 0.610. The maximum atomic E-state index is 12.7. The molecule has 0 fully saturated rings. The van der Waals surface area contributed by atoms with E-state index in [1.54, 1.807) is 0 Å². The Bertz CT molecular complexity index is 912. The van der Waals surface area contributed by atoms with Crippen molar-refractivity contribution >= 4 is 16.2 Å². The molecule has 0 heterocycles. The van der Waals surface area contributed by atoms with E-state index in [9.17, 15) is 21.6 Å². The van der Waals surface area contributed by atoms with Gasteiger partial charge < -0.3 is 9.47 Å². The minimum atomic E-state index is -4.50. The molecule has 2 aromatic carbocycles. The van der Waals surface area contributed by atoms with Crippen LogP contribution in [0.25, 0.3) is 0 Å². The average molecular weight is 388 g/mol. The lowest BCUT2D eigenvalue weighted by molar-refractivity contribution is -0.137. The van der Waals surface area contributed by atoms with Gasteiger partial charge in [0.25, 0.3) is 10.0 Å². The number of rotatable bonds is 6. The molecule has 6 nitrogen and oxygen atoms in total. The Kier molecular flexibility index (Phi) is 5.76. The van der Waals surface area contributed by atoms with Crippen molar-refractivity contribution in [2.45, 2.75) is 11.1 Å². The van der Waals surface area contributed by atoms with Crippen LogP contribution in [0.4, 0.5) is 13.2 Å². The topological polar surface area (TPSA) is 77.0 Å². The van der Waals surface area contributed by atoms with Gasteiger partial charge in [-0.15, -0.1) is 0 Å². The van der Waals surface area contributed by atoms with Gasteiger partial charge in [-0.3, -0.25) is 0 Å². The highest BCUT2D eigenvalue weighted by Crippen LogP contribution is 2.30. The van der Waals surface area contributed by atoms with Crippen molar-refractivity contribution in [3.63, 3.8) is 0 Å². The molecule has 0 spiro atoms. The molecule has 0 amide bonds. The van der Waals surface area contributed by atoms with Crippen LogP contribution in [0.15, 0.2) is 52.5 Å². The van der Waals surface area contributed by atoms with Gasteiger partial charge in [0, 0.05) is 6.07 Å².